The van der Waals surface area contributed by atoms with E-state index in [1.54, 1.807) is 6.20 Å². The van der Waals surface area contributed by atoms with E-state index in [2.05, 4.69) is 9.97 Å². The van der Waals surface area contributed by atoms with E-state index in [-0.39, 0.29) is 6.61 Å². The van der Waals surface area contributed by atoms with E-state index < -0.39 is 0 Å². The molecule has 0 amide bonds. The van der Waals surface area contributed by atoms with Crippen LogP contribution in [0.1, 0.15) is 16.8 Å². The molecule has 0 bridgehead atoms. The number of nitrogens with zero attached hydrogens (tertiary/aromatic N) is 2. The predicted molar refractivity (Wildman–Crippen MR) is 102 cm³/mol. The van der Waals surface area contributed by atoms with Gasteiger partial charge in [0.15, 0.2) is 0 Å². The van der Waals surface area contributed by atoms with E-state index in [0.717, 1.165) is 16.7 Å². The van der Waals surface area contributed by atoms with Gasteiger partial charge >= 0.3 is 0 Å². The van der Waals surface area contributed by atoms with Crippen LogP contribution in [0.2, 0.25) is 10.0 Å². The number of halogens is 2. The Morgan fingerprint density at radius 2 is 1.72 bits per heavy atom. The van der Waals surface area contributed by atoms with Crippen molar-refractivity contribution in [2.24, 2.45) is 0 Å². The summed E-state index contributed by atoms with van der Waals surface area (Å²) in [6.45, 7) is -0.0197. The third-order valence-electron chi connectivity index (χ3n) is 3.96. The Kier molecular flexibility index (Phi) is 5.53. The van der Waals surface area contributed by atoms with Crippen molar-refractivity contribution >= 4 is 29.0 Å². The molecule has 0 saturated carbocycles. The van der Waals surface area contributed by atoms with Gasteiger partial charge in [0.2, 0.25) is 0 Å². The van der Waals surface area contributed by atoms with Crippen LogP contribution in [0, 0.1) is 0 Å². The normalized spacial score (nSPS) is 10.8. The molecule has 0 saturated heterocycles. The topological polar surface area (TPSA) is 72.0 Å². The summed E-state index contributed by atoms with van der Waals surface area (Å²) >= 11 is 12.4. The number of aromatic nitrogens is 2. The van der Waals surface area contributed by atoms with E-state index in [1.165, 1.54) is 0 Å². The van der Waals surface area contributed by atoms with Gasteiger partial charge in [0, 0.05) is 15.6 Å². The van der Waals surface area contributed by atoms with Crippen LogP contribution in [-0.4, -0.2) is 15.1 Å². The average Bonchev–Trinajstić information content (AvgIpc) is 2.62. The van der Waals surface area contributed by atoms with Crippen molar-refractivity contribution in [1.29, 1.82) is 0 Å². The van der Waals surface area contributed by atoms with Crippen molar-refractivity contribution in [2.45, 2.75) is 19.4 Å². The van der Waals surface area contributed by atoms with Crippen LogP contribution in [-0.2, 0) is 19.4 Å². The van der Waals surface area contributed by atoms with Gasteiger partial charge in [0.05, 0.1) is 24.2 Å². The van der Waals surface area contributed by atoms with Gasteiger partial charge in [-0.1, -0.05) is 47.5 Å². The summed E-state index contributed by atoms with van der Waals surface area (Å²) in [7, 11) is 0. The molecule has 3 rings (SSSR count). The fourth-order valence-corrected chi connectivity index (χ4v) is 3.19. The van der Waals surface area contributed by atoms with Crippen LogP contribution < -0.4 is 5.73 Å². The average molecular weight is 374 g/mol. The van der Waals surface area contributed by atoms with E-state index in [1.807, 2.05) is 42.5 Å². The molecule has 0 aliphatic rings. The lowest BCUT2D eigenvalue weighted by molar-refractivity contribution is 0.282. The SMILES string of the molecule is Nc1ncc(-c2cccc(CO)c2)nc1CCc1c(Cl)cccc1Cl. The number of aliphatic hydroxyl groups is 1. The van der Waals surface area contributed by atoms with Crippen LogP contribution in [0.3, 0.4) is 0 Å². The van der Waals surface area contributed by atoms with Crippen LogP contribution in [0.15, 0.2) is 48.7 Å². The van der Waals surface area contributed by atoms with Gasteiger partial charge in [-0.3, -0.25) is 0 Å². The molecule has 3 N–H and O–H groups in total. The summed E-state index contributed by atoms with van der Waals surface area (Å²) in [5.74, 6) is 0.394. The van der Waals surface area contributed by atoms with E-state index in [9.17, 15) is 5.11 Å². The molecule has 3 aromatic rings. The number of aryl methyl sites for hydroxylation is 1. The molecule has 0 aliphatic heterocycles. The van der Waals surface area contributed by atoms with Gasteiger partial charge in [0.1, 0.15) is 5.82 Å². The lowest BCUT2D eigenvalue weighted by atomic mass is 10.1. The van der Waals surface area contributed by atoms with Crippen molar-refractivity contribution in [3.8, 4) is 11.3 Å². The maximum absolute atomic E-state index is 9.29. The molecule has 6 heteroatoms. The highest BCUT2D eigenvalue weighted by atomic mass is 35.5. The molecule has 0 fully saturated rings. The second-order valence-electron chi connectivity index (χ2n) is 5.65. The molecule has 1 aromatic heterocycles. The second kappa shape index (κ2) is 7.83. The van der Waals surface area contributed by atoms with Crippen molar-refractivity contribution in [1.82, 2.24) is 9.97 Å². The Hall–Kier alpha value is -2.14. The summed E-state index contributed by atoms with van der Waals surface area (Å²) in [6.07, 6.45) is 2.84. The Morgan fingerprint density at radius 3 is 2.44 bits per heavy atom. The van der Waals surface area contributed by atoms with Gasteiger partial charge < -0.3 is 10.8 Å². The molecule has 4 nitrogen and oxygen atoms in total. The number of rotatable bonds is 5. The first kappa shape index (κ1) is 17.7. The van der Waals surface area contributed by atoms with Gasteiger partial charge in [0.25, 0.3) is 0 Å². The molecule has 0 atom stereocenters. The molecular formula is C19H17Cl2N3O. The maximum atomic E-state index is 9.29. The van der Waals surface area contributed by atoms with Crippen LogP contribution >= 0.6 is 23.2 Å². The molecule has 128 valence electrons. The van der Waals surface area contributed by atoms with Gasteiger partial charge in [-0.2, -0.15) is 0 Å². The van der Waals surface area contributed by atoms with E-state index in [4.69, 9.17) is 28.9 Å². The first-order valence-electron chi connectivity index (χ1n) is 7.83. The second-order valence-corrected chi connectivity index (χ2v) is 6.46. The van der Waals surface area contributed by atoms with Crippen LogP contribution in [0.5, 0.6) is 0 Å². The smallest absolute Gasteiger partial charge is 0.145 e. The van der Waals surface area contributed by atoms with E-state index in [0.29, 0.717) is 40.1 Å². The minimum absolute atomic E-state index is 0.0197. The molecule has 0 aliphatic carbocycles. The summed E-state index contributed by atoms with van der Waals surface area (Å²) in [6, 6.07) is 13.0. The summed E-state index contributed by atoms with van der Waals surface area (Å²) in [5.41, 5.74) is 9.97. The third-order valence-corrected chi connectivity index (χ3v) is 4.66. The Bertz CT molecular complexity index is 879. The van der Waals surface area contributed by atoms with Crippen molar-refractivity contribution < 1.29 is 5.11 Å². The molecule has 1 heterocycles. The number of hydrogen-bond donors (Lipinski definition) is 2. The number of aliphatic hydroxyl groups excluding tert-OH is 1. The van der Waals surface area contributed by atoms with Crippen molar-refractivity contribution in [2.75, 3.05) is 5.73 Å². The predicted octanol–water partition coefficient (Wildman–Crippen LogP) is 4.31. The van der Waals surface area contributed by atoms with E-state index >= 15 is 0 Å². The number of anilines is 1. The number of hydrogen-bond acceptors (Lipinski definition) is 4. The zero-order valence-electron chi connectivity index (χ0n) is 13.4. The van der Waals surface area contributed by atoms with Crippen LogP contribution in [0.4, 0.5) is 5.82 Å². The summed E-state index contributed by atoms with van der Waals surface area (Å²) in [4.78, 5) is 8.89. The highest BCUT2D eigenvalue weighted by molar-refractivity contribution is 6.35. The lowest BCUT2D eigenvalue weighted by Gasteiger charge is -2.10. The minimum Gasteiger partial charge on any atom is -0.392 e. The number of nitrogens with two attached hydrogens (primary N) is 1. The molecule has 25 heavy (non-hydrogen) atoms. The first-order valence-corrected chi connectivity index (χ1v) is 8.58. The molecule has 0 spiro atoms. The summed E-state index contributed by atoms with van der Waals surface area (Å²) in [5, 5.41) is 10.5. The standard InChI is InChI=1S/C19H17Cl2N3O/c20-15-5-2-6-16(21)14(15)7-8-17-19(22)23-10-18(24-17)13-4-1-3-12(9-13)11-25/h1-6,9-10,25H,7-8,11H2,(H2,22,23). The highest BCUT2D eigenvalue weighted by Crippen LogP contribution is 2.26. The maximum Gasteiger partial charge on any atom is 0.145 e. The highest BCUT2D eigenvalue weighted by Gasteiger charge is 2.11. The quantitative estimate of drug-likeness (QED) is 0.698. The first-order chi connectivity index (χ1) is 12.1. The Labute approximate surface area is 156 Å². The Morgan fingerprint density at radius 1 is 1.00 bits per heavy atom. The molecular weight excluding hydrogens is 357 g/mol. The summed E-state index contributed by atoms with van der Waals surface area (Å²) < 4.78 is 0. The van der Waals surface area contributed by atoms with Gasteiger partial charge in [-0.25, -0.2) is 9.97 Å². The fraction of sp³-hybridized carbons (Fsp3) is 0.158. The molecule has 0 unspecified atom stereocenters. The zero-order chi connectivity index (χ0) is 17.8. The van der Waals surface area contributed by atoms with Gasteiger partial charge in [-0.15, -0.1) is 0 Å². The van der Waals surface area contributed by atoms with Gasteiger partial charge in [-0.05, 0) is 42.2 Å². The fourth-order valence-electron chi connectivity index (χ4n) is 2.60. The number of nitrogen functional groups attached to an aromatic ring is 1. The lowest BCUT2D eigenvalue weighted by Crippen LogP contribution is -2.04. The Balaban J connectivity index is 1.87. The zero-order valence-corrected chi connectivity index (χ0v) is 14.9. The third kappa shape index (κ3) is 4.10. The monoisotopic (exact) mass is 373 g/mol. The number of benzene rings is 2. The van der Waals surface area contributed by atoms with Crippen LogP contribution in [0.25, 0.3) is 11.3 Å². The molecule has 0 radical (unpaired) electrons. The minimum atomic E-state index is -0.0197. The molecule has 2 aromatic carbocycles. The van der Waals surface area contributed by atoms with Crippen molar-refractivity contribution in [3.05, 3.63) is 75.5 Å². The largest absolute Gasteiger partial charge is 0.392 e. The van der Waals surface area contributed by atoms with Crippen molar-refractivity contribution in [3.63, 3.8) is 0 Å².